The van der Waals surface area contributed by atoms with Gasteiger partial charge in [0.15, 0.2) is 0 Å². The Morgan fingerprint density at radius 2 is 1.58 bits per heavy atom. The summed E-state index contributed by atoms with van der Waals surface area (Å²) in [6, 6.07) is 23.3. The second-order valence-corrected chi connectivity index (χ2v) is 6.32. The van der Waals surface area contributed by atoms with E-state index in [1.54, 1.807) is 12.1 Å². The summed E-state index contributed by atoms with van der Waals surface area (Å²) in [5.74, 6) is -0.923. The van der Waals surface area contributed by atoms with E-state index >= 15 is 0 Å². The van der Waals surface area contributed by atoms with Crippen molar-refractivity contribution in [3.05, 3.63) is 89.5 Å². The molecule has 0 saturated heterocycles. The van der Waals surface area contributed by atoms with Crippen LogP contribution in [0.3, 0.4) is 0 Å². The average Bonchev–Trinajstić information content (AvgIpc) is 2.65. The summed E-state index contributed by atoms with van der Waals surface area (Å²) in [4.78, 5) is 16.3. The van der Waals surface area contributed by atoms with Gasteiger partial charge in [-0.1, -0.05) is 54.6 Å². The minimum Gasteiger partial charge on any atom is -0.478 e. The Labute approximate surface area is 151 Å². The van der Waals surface area contributed by atoms with Gasteiger partial charge in [-0.3, -0.25) is 4.99 Å². The van der Waals surface area contributed by atoms with Crippen molar-refractivity contribution in [1.29, 1.82) is 0 Å². The molecule has 0 aliphatic rings. The van der Waals surface area contributed by atoms with Crippen molar-refractivity contribution in [3.8, 4) is 0 Å². The molecule has 0 heterocycles. The maximum atomic E-state index is 11.8. The monoisotopic (exact) mass is 339 g/mol. The second-order valence-electron chi connectivity index (χ2n) is 6.32. The smallest absolute Gasteiger partial charge is 0.336 e. The van der Waals surface area contributed by atoms with Crippen LogP contribution >= 0.6 is 0 Å². The molecule has 4 aromatic carbocycles. The largest absolute Gasteiger partial charge is 0.478 e. The third kappa shape index (κ3) is 2.84. The Hall–Kier alpha value is -3.46. The molecule has 3 heteroatoms. The second kappa shape index (κ2) is 6.45. The van der Waals surface area contributed by atoms with Gasteiger partial charge in [-0.2, -0.15) is 0 Å². The van der Waals surface area contributed by atoms with Crippen molar-refractivity contribution in [2.75, 3.05) is 0 Å². The molecule has 3 nitrogen and oxygen atoms in total. The molecule has 0 spiro atoms. The van der Waals surface area contributed by atoms with Crippen LogP contribution < -0.4 is 0 Å². The van der Waals surface area contributed by atoms with Crippen LogP contribution in [-0.2, 0) is 0 Å². The third-order valence-electron chi connectivity index (χ3n) is 4.50. The molecule has 0 amide bonds. The summed E-state index contributed by atoms with van der Waals surface area (Å²) in [6.45, 7) is 2.03. The topological polar surface area (TPSA) is 49.7 Å². The average molecular weight is 339 g/mol. The van der Waals surface area contributed by atoms with Crippen molar-refractivity contribution in [1.82, 2.24) is 0 Å². The zero-order valence-corrected chi connectivity index (χ0v) is 14.3. The van der Waals surface area contributed by atoms with Gasteiger partial charge in [0.2, 0.25) is 0 Å². The highest BCUT2D eigenvalue weighted by atomic mass is 16.4. The van der Waals surface area contributed by atoms with E-state index in [1.165, 1.54) is 0 Å². The summed E-state index contributed by atoms with van der Waals surface area (Å²) in [6.07, 6.45) is 1.81. The molecule has 0 atom stereocenters. The van der Waals surface area contributed by atoms with E-state index in [9.17, 15) is 9.90 Å². The first kappa shape index (κ1) is 16.0. The molecule has 4 rings (SSSR count). The molecular formula is C23H17NO2. The zero-order chi connectivity index (χ0) is 18.1. The lowest BCUT2D eigenvalue weighted by Crippen LogP contribution is -1.98. The number of rotatable bonds is 3. The Morgan fingerprint density at radius 3 is 2.31 bits per heavy atom. The number of fused-ring (bicyclic) bond motifs is 3. The predicted octanol–water partition coefficient (Wildman–Crippen LogP) is 5.75. The molecule has 0 aromatic heterocycles. The molecule has 0 aliphatic carbocycles. The van der Waals surface area contributed by atoms with E-state index in [0.717, 1.165) is 38.4 Å². The van der Waals surface area contributed by atoms with Crippen molar-refractivity contribution >= 4 is 39.4 Å². The summed E-state index contributed by atoms with van der Waals surface area (Å²) < 4.78 is 0. The molecular weight excluding hydrogens is 322 g/mol. The fraction of sp³-hybridized carbons (Fsp3) is 0.0435. The lowest BCUT2D eigenvalue weighted by molar-refractivity contribution is 0.0699. The molecule has 0 aliphatic heterocycles. The Morgan fingerprint density at radius 1 is 0.885 bits per heavy atom. The number of nitrogens with zero attached hydrogens (tertiary/aromatic N) is 1. The number of benzene rings is 4. The van der Waals surface area contributed by atoms with Crippen LogP contribution in [0, 0.1) is 6.92 Å². The molecule has 0 saturated carbocycles. The van der Waals surface area contributed by atoms with Gasteiger partial charge in [-0.05, 0) is 46.8 Å². The van der Waals surface area contributed by atoms with E-state index < -0.39 is 5.97 Å². The van der Waals surface area contributed by atoms with Gasteiger partial charge >= 0.3 is 5.97 Å². The quantitative estimate of drug-likeness (QED) is 0.381. The van der Waals surface area contributed by atoms with Gasteiger partial charge in [-0.15, -0.1) is 0 Å². The van der Waals surface area contributed by atoms with Gasteiger partial charge in [0.1, 0.15) is 0 Å². The van der Waals surface area contributed by atoms with Crippen LogP contribution in [0.5, 0.6) is 0 Å². The standard InChI is InChI=1S/C23H17NO2/c1-15-5-2-9-19(13-15)24-14-18-8-3-6-16-11-12-17-7-4-10-20(23(25)26)22(17)21(16)18/h2-14H,1H3,(H,25,26). The van der Waals surface area contributed by atoms with E-state index in [1.807, 2.05) is 73.8 Å². The normalized spacial score (nSPS) is 11.4. The summed E-state index contributed by atoms with van der Waals surface area (Å²) in [5.41, 5.74) is 3.24. The zero-order valence-electron chi connectivity index (χ0n) is 14.3. The highest BCUT2D eigenvalue weighted by molar-refractivity contribution is 6.20. The maximum Gasteiger partial charge on any atom is 0.336 e. The maximum absolute atomic E-state index is 11.8. The summed E-state index contributed by atoms with van der Waals surface area (Å²) in [5, 5.41) is 13.2. The molecule has 4 aromatic rings. The van der Waals surface area contributed by atoms with Crippen LogP contribution in [0.1, 0.15) is 21.5 Å². The fourth-order valence-electron chi connectivity index (χ4n) is 3.32. The Balaban J connectivity index is 1.99. The number of carboxylic acids is 1. The van der Waals surface area contributed by atoms with E-state index in [2.05, 4.69) is 4.99 Å². The Bertz CT molecular complexity index is 1180. The molecule has 0 bridgehead atoms. The van der Waals surface area contributed by atoms with Gasteiger partial charge in [0.25, 0.3) is 0 Å². The summed E-state index contributed by atoms with van der Waals surface area (Å²) >= 11 is 0. The molecule has 126 valence electrons. The van der Waals surface area contributed by atoms with Crippen LogP contribution in [0.15, 0.2) is 77.8 Å². The van der Waals surface area contributed by atoms with Crippen LogP contribution in [0.25, 0.3) is 21.5 Å². The first-order valence-electron chi connectivity index (χ1n) is 8.42. The lowest BCUT2D eigenvalue weighted by Gasteiger charge is -2.10. The van der Waals surface area contributed by atoms with Crippen molar-refractivity contribution < 1.29 is 9.90 Å². The highest BCUT2D eigenvalue weighted by Crippen LogP contribution is 2.31. The SMILES string of the molecule is Cc1cccc(N=Cc2cccc3ccc4cccc(C(=O)O)c4c23)c1. The van der Waals surface area contributed by atoms with Crippen molar-refractivity contribution in [2.45, 2.75) is 6.92 Å². The van der Waals surface area contributed by atoms with Crippen molar-refractivity contribution in [2.24, 2.45) is 4.99 Å². The van der Waals surface area contributed by atoms with Crippen LogP contribution in [-0.4, -0.2) is 17.3 Å². The first-order chi connectivity index (χ1) is 12.6. The van der Waals surface area contributed by atoms with Crippen molar-refractivity contribution in [3.63, 3.8) is 0 Å². The minimum atomic E-state index is -0.923. The number of carbonyl (C=O) groups is 1. The first-order valence-corrected chi connectivity index (χ1v) is 8.42. The Kier molecular flexibility index (Phi) is 3.98. The molecule has 26 heavy (non-hydrogen) atoms. The van der Waals surface area contributed by atoms with Crippen LogP contribution in [0.2, 0.25) is 0 Å². The highest BCUT2D eigenvalue weighted by Gasteiger charge is 2.13. The summed E-state index contributed by atoms with van der Waals surface area (Å²) in [7, 11) is 0. The number of aromatic carboxylic acids is 1. The number of hydrogen-bond donors (Lipinski definition) is 1. The van der Waals surface area contributed by atoms with Gasteiger partial charge in [-0.25, -0.2) is 4.79 Å². The van der Waals surface area contributed by atoms with E-state index in [-0.39, 0.29) is 0 Å². The third-order valence-corrected chi connectivity index (χ3v) is 4.50. The predicted molar refractivity (Wildman–Crippen MR) is 107 cm³/mol. The number of aliphatic imine (C=N–C) groups is 1. The van der Waals surface area contributed by atoms with E-state index in [4.69, 9.17) is 0 Å². The fourth-order valence-corrected chi connectivity index (χ4v) is 3.32. The van der Waals surface area contributed by atoms with Gasteiger partial charge in [0, 0.05) is 17.2 Å². The van der Waals surface area contributed by atoms with E-state index in [0.29, 0.717) is 5.56 Å². The van der Waals surface area contributed by atoms with Gasteiger partial charge in [0.05, 0.1) is 11.3 Å². The minimum absolute atomic E-state index is 0.310. The number of aryl methyl sites for hydroxylation is 1. The van der Waals surface area contributed by atoms with Crippen LogP contribution in [0.4, 0.5) is 5.69 Å². The molecule has 1 N–H and O–H groups in total. The molecule has 0 radical (unpaired) electrons. The molecule has 0 unspecified atom stereocenters. The van der Waals surface area contributed by atoms with Gasteiger partial charge < -0.3 is 5.11 Å². The lowest BCUT2D eigenvalue weighted by atomic mass is 9.94. The number of carboxylic acid groups (broad SMARTS) is 1. The molecule has 0 fully saturated rings. The number of hydrogen-bond acceptors (Lipinski definition) is 2.